The Morgan fingerprint density at radius 3 is 2.28 bits per heavy atom. The van der Waals surface area contributed by atoms with Crippen LogP contribution in [0.25, 0.3) is 23.0 Å². The molecule has 3 aromatic rings. The van der Waals surface area contributed by atoms with E-state index in [1.807, 2.05) is 41.1 Å². The van der Waals surface area contributed by atoms with Crippen LogP contribution < -0.4 is 0 Å². The van der Waals surface area contributed by atoms with Crippen molar-refractivity contribution in [1.82, 2.24) is 14.7 Å². The second-order valence-electron chi connectivity index (χ2n) is 7.29. The molecule has 29 heavy (non-hydrogen) atoms. The standard InChI is InChI=1S/C23H22Cl3N3/c1-16-21(11-14-28-12-3-2-4-13-28)27-29(22-10-9-19(25)15-20(22)26)23(16)17-5-7-18(24)8-6-17/h5-11,14-15H,2-4,12-13H2,1H3/b14-11-. The van der Waals surface area contributed by atoms with E-state index in [4.69, 9.17) is 39.9 Å². The molecular weight excluding hydrogens is 425 g/mol. The summed E-state index contributed by atoms with van der Waals surface area (Å²) in [6, 6.07) is 13.3. The number of hydrogen-bond donors (Lipinski definition) is 0. The third kappa shape index (κ3) is 4.48. The van der Waals surface area contributed by atoms with Crippen LogP contribution in [-0.4, -0.2) is 27.8 Å². The third-order valence-electron chi connectivity index (χ3n) is 5.25. The van der Waals surface area contributed by atoms with Crippen LogP contribution in [0.3, 0.4) is 0 Å². The quantitative estimate of drug-likeness (QED) is 0.420. The van der Waals surface area contributed by atoms with E-state index < -0.39 is 0 Å². The summed E-state index contributed by atoms with van der Waals surface area (Å²) in [6.45, 7) is 4.29. The van der Waals surface area contributed by atoms with Gasteiger partial charge in [-0.05, 0) is 62.6 Å². The Bertz CT molecular complexity index is 1030. The summed E-state index contributed by atoms with van der Waals surface area (Å²) in [6.07, 6.45) is 8.06. The van der Waals surface area contributed by atoms with Crippen LogP contribution in [0.2, 0.25) is 15.1 Å². The number of likely N-dealkylation sites (tertiary alicyclic amines) is 1. The van der Waals surface area contributed by atoms with Crippen molar-refractivity contribution in [2.45, 2.75) is 26.2 Å². The van der Waals surface area contributed by atoms with E-state index in [0.29, 0.717) is 15.1 Å². The first kappa shape index (κ1) is 20.3. The molecule has 0 atom stereocenters. The Kier molecular flexibility index (Phi) is 6.19. The van der Waals surface area contributed by atoms with Crippen molar-refractivity contribution < 1.29 is 0 Å². The van der Waals surface area contributed by atoms with Gasteiger partial charge in [0.15, 0.2) is 0 Å². The fraction of sp³-hybridized carbons (Fsp3) is 0.261. The van der Waals surface area contributed by atoms with E-state index in [9.17, 15) is 0 Å². The van der Waals surface area contributed by atoms with Gasteiger partial charge in [0.2, 0.25) is 0 Å². The zero-order valence-electron chi connectivity index (χ0n) is 16.2. The molecule has 0 N–H and O–H groups in total. The fourth-order valence-electron chi connectivity index (χ4n) is 3.69. The van der Waals surface area contributed by atoms with Gasteiger partial charge in [-0.2, -0.15) is 5.10 Å². The van der Waals surface area contributed by atoms with Gasteiger partial charge >= 0.3 is 0 Å². The summed E-state index contributed by atoms with van der Waals surface area (Å²) in [4.78, 5) is 2.36. The molecule has 1 aromatic heterocycles. The molecule has 1 aliphatic rings. The average Bonchev–Trinajstić information content (AvgIpc) is 3.04. The molecule has 0 aliphatic carbocycles. The average molecular weight is 447 g/mol. The molecular formula is C23H22Cl3N3. The summed E-state index contributed by atoms with van der Waals surface area (Å²) in [7, 11) is 0. The molecule has 6 heteroatoms. The molecule has 0 amide bonds. The molecule has 0 radical (unpaired) electrons. The number of rotatable bonds is 4. The Hall–Kier alpha value is -1.94. The van der Waals surface area contributed by atoms with Crippen molar-refractivity contribution in [3.05, 3.63) is 75.0 Å². The van der Waals surface area contributed by atoms with E-state index >= 15 is 0 Å². The van der Waals surface area contributed by atoms with E-state index in [-0.39, 0.29) is 0 Å². The van der Waals surface area contributed by atoms with Crippen LogP contribution >= 0.6 is 34.8 Å². The lowest BCUT2D eigenvalue weighted by Crippen LogP contribution is -2.23. The summed E-state index contributed by atoms with van der Waals surface area (Å²) >= 11 is 18.7. The van der Waals surface area contributed by atoms with Gasteiger partial charge in [0.05, 0.1) is 22.1 Å². The van der Waals surface area contributed by atoms with Crippen molar-refractivity contribution in [1.29, 1.82) is 0 Å². The lowest BCUT2D eigenvalue weighted by molar-refractivity contribution is 0.311. The van der Waals surface area contributed by atoms with Gasteiger partial charge in [-0.25, -0.2) is 4.68 Å². The number of piperidine rings is 1. The molecule has 2 heterocycles. The molecule has 0 unspecified atom stereocenters. The molecule has 0 spiro atoms. The number of nitrogens with zero attached hydrogens (tertiary/aromatic N) is 3. The highest BCUT2D eigenvalue weighted by atomic mass is 35.5. The largest absolute Gasteiger partial charge is 0.377 e. The van der Waals surface area contributed by atoms with Gasteiger partial charge < -0.3 is 4.90 Å². The summed E-state index contributed by atoms with van der Waals surface area (Å²) in [5.41, 5.74) is 4.83. The normalized spacial score (nSPS) is 14.7. The lowest BCUT2D eigenvalue weighted by atomic mass is 10.1. The zero-order chi connectivity index (χ0) is 20.4. The predicted molar refractivity (Wildman–Crippen MR) is 123 cm³/mol. The first-order valence-electron chi connectivity index (χ1n) is 9.76. The van der Waals surface area contributed by atoms with Crippen molar-refractivity contribution in [2.75, 3.05) is 13.1 Å². The maximum Gasteiger partial charge on any atom is 0.0905 e. The van der Waals surface area contributed by atoms with Gasteiger partial charge in [0, 0.05) is 40.5 Å². The molecule has 2 aromatic carbocycles. The van der Waals surface area contributed by atoms with E-state index in [1.54, 1.807) is 6.07 Å². The maximum atomic E-state index is 6.52. The fourth-order valence-corrected chi connectivity index (χ4v) is 4.30. The molecule has 1 aliphatic heterocycles. The highest BCUT2D eigenvalue weighted by molar-refractivity contribution is 6.35. The molecule has 4 rings (SSSR count). The van der Waals surface area contributed by atoms with Gasteiger partial charge in [-0.1, -0.05) is 46.9 Å². The summed E-state index contributed by atoms with van der Waals surface area (Å²) in [5, 5.41) is 6.75. The number of benzene rings is 2. The Labute approximate surface area is 186 Å². The minimum absolute atomic E-state index is 0.557. The number of aromatic nitrogens is 2. The monoisotopic (exact) mass is 445 g/mol. The van der Waals surface area contributed by atoms with Crippen molar-refractivity contribution in [2.24, 2.45) is 0 Å². The smallest absolute Gasteiger partial charge is 0.0905 e. The minimum Gasteiger partial charge on any atom is -0.377 e. The van der Waals surface area contributed by atoms with Gasteiger partial charge in [0.1, 0.15) is 0 Å². The number of hydrogen-bond acceptors (Lipinski definition) is 2. The second kappa shape index (κ2) is 8.83. The van der Waals surface area contributed by atoms with Gasteiger partial charge in [0.25, 0.3) is 0 Å². The molecule has 0 saturated carbocycles. The van der Waals surface area contributed by atoms with Crippen LogP contribution in [0.1, 0.15) is 30.5 Å². The molecule has 1 saturated heterocycles. The first-order chi connectivity index (χ1) is 14.0. The minimum atomic E-state index is 0.557. The van der Waals surface area contributed by atoms with Crippen LogP contribution in [0.5, 0.6) is 0 Å². The lowest BCUT2D eigenvalue weighted by Gasteiger charge is -2.24. The van der Waals surface area contributed by atoms with Crippen molar-refractivity contribution in [3.8, 4) is 16.9 Å². The summed E-state index contributed by atoms with van der Waals surface area (Å²) in [5.74, 6) is 0. The second-order valence-corrected chi connectivity index (χ2v) is 8.57. The van der Waals surface area contributed by atoms with E-state index in [0.717, 1.165) is 41.3 Å². The van der Waals surface area contributed by atoms with Crippen molar-refractivity contribution in [3.63, 3.8) is 0 Å². The van der Waals surface area contributed by atoms with Gasteiger partial charge in [-0.15, -0.1) is 0 Å². The SMILES string of the molecule is Cc1c(/C=C\N2CCCCC2)nn(-c2ccc(Cl)cc2Cl)c1-c1ccc(Cl)cc1. The van der Waals surface area contributed by atoms with E-state index in [1.165, 1.54) is 19.3 Å². The van der Waals surface area contributed by atoms with E-state index in [2.05, 4.69) is 24.1 Å². The highest BCUT2D eigenvalue weighted by Crippen LogP contribution is 2.33. The topological polar surface area (TPSA) is 21.1 Å². The van der Waals surface area contributed by atoms with Crippen LogP contribution in [-0.2, 0) is 0 Å². The zero-order valence-corrected chi connectivity index (χ0v) is 18.5. The van der Waals surface area contributed by atoms with Gasteiger partial charge in [-0.3, -0.25) is 0 Å². The molecule has 3 nitrogen and oxygen atoms in total. The Balaban J connectivity index is 1.81. The first-order valence-corrected chi connectivity index (χ1v) is 10.9. The predicted octanol–water partition coefficient (Wildman–Crippen LogP) is 7.26. The summed E-state index contributed by atoms with van der Waals surface area (Å²) < 4.78 is 1.90. The van der Waals surface area contributed by atoms with Crippen LogP contribution in [0, 0.1) is 6.92 Å². The molecule has 0 bridgehead atoms. The molecule has 150 valence electrons. The Morgan fingerprint density at radius 1 is 0.897 bits per heavy atom. The number of halogens is 3. The maximum absolute atomic E-state index is 6.52. The van der Waals surface area contributed by atoms with Crippen molar-refractivity contribution >= 4 is 40.9 Å². The van der Waals surface area contributed by atoms with Crippen LogP contribution in [0.15, 0.2) is 48.7 Å². The highest BCUT2D eigenvalue weighted by Gasteiger charge is 2.18. The van der Waals surface area contributed by atoms with Crippen LogP contribution in [0.4, 0.5) is 0 Å². The third-order valence-corrected chi connectivity index (χ3v) is 6.04. The molecule has 1 fully saturated rings. The Morgan fingerprint density at radius 2 is 1.59 bits per heavy atom.